The number of halogens is 2. The van der Waals surface area contributed by atoms with Crippen molar-refractivity contribution in [1.29, 1.82) is 5.41 Å². The molecule has 82 valence electrons. The Hall–Kier alpha value is -1.88. The highest BCUT2D eigenvalue weighted by Crippen LogP contribution is 2.16. The molecule has 1 aromatic heterocycles. The normalized spacial score (nSPS) is 10.4. The van der Waals surface area contributed by atoms with Gasteiger partial charge in [0.15, 0.2) is 0 Å². The summed E-state index contributed by atoms with van der Waals surface area (Å²) in [7, 11) is 0. The first kappa shape index (κ1) is 10.6. The third-order valence-electron chi connectivity index (χ3n) is 2.06. The van der Waals surface area contributed by atoms with Crippen LogP contribution in [0.1, 0.15) is 5.56 Å². The number of amidine groups is 1. The van der Waals surface area contributed by atoms with E-state index in [9.17, 15) is 4.39 Å². The SMILES string of the molecule is N=C(N)c1ccc(-n2cc(Cl)cn2)c(F)c1. The molecule has 3 N–H and O–H groups in total. The maximum absolute atomic E-state index is 13.6. The van der Waals surface area contributed by atoms with E-state index in [1.807, 2.05) is 0 Å². The second kappa shape index (κ2) is 3.94. The predicted molar refractivity (Wildman–Crippen MR) is 59.5 cm³/mol. The Morgan fingerprint density at radius 3 is 2.75 bits per heavy atom. The molecule has 0 bridgehead atoms. The Kier molecular flexibility index (Phi) is 2.62. The van der Waals surface area contributed by atoms with Gasteiger partial charge in [-0.25, -0.2) is 9.07 Å². The summed E-state index contributed by atoms with van der Waals surface area (Å²) in [5.41, 5.74) is 5.84. The smallest absolute Gasteiger partial charge is 0.149 e. The highest BCUT2D eigenvalue weighted by molar-refractivity contribution is 6.30. The van der Waals surface area contributed by atoms with Crippen molar-refractivity contribution in [3.05, 3.63) is 47.0 Å². The zero-order chi connectivity index (χ0) is 11.7. The Morgan fingerprint density at radius 2 is 2.25 bits per heavy atom. The Morgan fingerprint density at radius 1 is 1.50 bits per heavy atom. The monoisotopic (exact) mass is 238 g/mol. The number of aromatic nitrogens is 2. The summed E-state index contributed by atoms with van der Waals surface area (Å²) in [4.78, 5) is 0. The number of nitrogens with zero attached hydrogens (tertiary/aromatic N) is 2. The van der Waals surface area contributed by atoms with Gasteiger partial charge in [0, 0.05) is 11.8 Å². The highest BCUT2D eigenvalue weighted by atomic mass is 35.5. The molecular weight excluding hydrogens is 231 g/mol. The molecule has 0 aliphatic carbocycles. The molecule has 0 fully saturated rings. The van der Waals surface area contributed by atoms with Gasteiger partial charge in [-0.15, -0.1) is 0 Å². The summed E-state index contributed by atoms with van der Waals surface area (Å²) in [6.45, 7) is 0. The lowest BCUT2D eigenvalue weighted by atomic mass is 10.2. The fourth-order valence-electron chi connectivity index (χ4n) is 1.29. The van der Waals surface area contributed by atoms with Crippen LogP contribution in [0, 0.1) is 11.2 Å². The third kappa shape index (κ3) is 1.90. The number of nitrogens with two attached hydrogens (primary N) is 1. The van der Waals surface area contributed by atoms with Gasteiger partial charge >= 0.3 is 0 Å². The molecule has 0 aliphatic heterocycles. The van der Waals surface area contributed by atoms with Crippen molar-refractivity contribution >= 4 is 17.4 Å². The molecule has 2 rings (SSSR count). The number of hydrogen-bond acceptors (Lipinski definition) is 2. The van der Waals surface area contributed by atoms with E-state index in [0.29, 0.717) is 10.6 Å². The van der Waals surface area contributed by atoms with Gasteiger partial charge in [0.1, 0.15) is 17.3 Å². The topological polar surface area (TPSA) is 67.7 Å². The second-order valence-electron chi connectivity index (χ2n) is 3.18. The standard InChI is InChI=1S/C10H8ClFN4/c11-7-4-15-16(5-7)9-2-1-6(10(13)14)3-8(9)12/h1-5H,(H3,13,14). The van der Waals surface area contributed by atoms with Crippen LogP contribution in [0.4, 0.5) is 4.39 Å². The molecule has 2 aromatic rings. The van der Waals surface area contributed by atoms with Crippen LogP contribution in [-0.2, 0) is 0 Å². The molecule has 0 atom stereocenters. The first-order valence-corrected chi connectivity index (χ1v) is 4.80. The maximum Gasteiger partial charge on any atom is 0.149 e. The zero-order valence-electron chi connectivity index (χ0n) is 8.11. The van der Waals surface area contributed by atoms with E-state index in [2.05, 4.69) is 5.10 Å². The van der Waals surface area contributed by atoms with Crippen LogP contribution in [0.15, 0.2) is 30.6 Å². The third-order valence-corrected chi connectivity index (χ3v) is 2.25. The predicted octanol–water partition coefficient (Wildman–Crippen LogP) is 1.95. The summed E-state index contributed by atoms with van der Waals surface area (Å²) in [6.07, 6.45) is 2.91. The first-order valence-electron chi connectivity index (χ1n) is 4.42. The van der Waals surface area contributed by atoms with Gasteiger partial charge < -0.3 is 5.73 Å². The fraction of sp³-hybridized carbons (Fsp3) is 0. The second-order valence-corrected chi connectivity index (χ2v) is 3.62. The molecule has 0 saturated carbocycles. The Labute approximate surface area is 96.0 Å². The van der Waals surface area contributed by atoms with Crippen LogP contribution < -0.4 is 5.73 Å². The molecule has 4 nitrogen and oxygen atoms in total. The minimum Gasteiger partial charge on any atom is -0.384 e. The molecule has 16 heavy (non-hydrogen) atoms. The minimum absolute atomic E-state index is 0.177. The summed E-state index contributed by atoms with van der Waals surface area (Å²) in [5.74, 6) is -0.684. The Balaban J connectivity index is 2.47. The lowest BCUT2D eigenvalue weighted by Gasteiger charge is -2.04. The van der Waals surface area contributed by atoms with Gasteiger partial charge in [0.2, 0.25) is 0 Å². The largest absolute Gasteiger partial charge is 0.384 e. The van der Waals surface area contributed by atoms with Crippen molar-refractivity contribution in [3.63, 3.8) is 0 Å². The van der Waals surface area contributed by atoms with E-state index in [1.165, 1.54) is 29.2 Å². The van der Waals surface area contributed by atoms with E-state index in [4.69, 9.17) is 22.7 Å². The van der Waals surface area contributed by atoms with Gasteiger partial charge in [0.25, 0.3) is 0 Å². The van der Waals surface area contributed by atoms with Crippen LogP contribution in [0.3, 0.4) is 0 Å². The molecule has 1 heterocycles. The lowest BCUT2D eigenvalue weighted by molar-refractivity contribution is 0.610. The summed E-state index contributed by atoms with van der Waals surface area (Å²) in [6, 6.07) is 4.24. The van der Waals surface area contributed by atoms with Crippen LogP contribution in [0.25, 0.3) is 5.69 Å². The first-order chi connectivity index (χ1) is 7.58. The van der Waals surface area contributed by atoms with E-state index >= 15 is 0 Å². The molecule has 0 radical (unpaired) electrons. The average Bonchev–Trinajstić information content (AvgIpc) is 2.64. The summed E-state index contributed by atoms with van der Waals surface area (Å²) in [5, 5.41) is 11.5. The van der Waals surface area contributed by atoms with Crippen molar-refractivity contribution in [1.82, 2.24) is 9.78 Å². The Bertz CT molecular complexity index is 550. The molecule has 0 amide bonds. The average molecular weight is 239 g/mol. The van der Waals surface area contributed by atoms with Crippen molar-refractivity contribution in [3.8, 4) is 5.69 Å². The molecule has 0 aliphatic rings. The fourth-order valence-corrected chi connectivity index (χ4v) is 1.43. The summed E-state index contributed by atoms with van der Waals surface area (Å²) >= 11 is 5.68. The number of nitrogen functional groups attached to an aromatic ring is 1. The molecular formula is C10H8ClFN4. The molecule has 6 heteroatoms. The van der Waals surface area contributed by atoms with E-state index in [-0.39, 0.29) is 11.5 Å². The molecule has 1 aromatic carbocycles. The number of nitrogens with one attached hydrogen (secondary N) is 1. The van der Waals surface area contributed by atoms with Gasteiger partial charge in [-0.05, 0) is 18.2 Å². The van der Waals surface area contributed by atoms with Gasteiger partial charge in [-0.3, -0.25) is 5.41 Å². The van der Waals surface area contributed by atoms with E-state index in [1.54, 1.807) is 6.07 Å². The summed E-state index contributed by atoms with van der Waals surface area (Å²) < 4.78 is 15.0. The van der Waals surface area contributed by atoms with E-state index in [0.717, 1.165) is 0 Å². The van der Waals surface area contributed by atoms with E-state index < -0.39 is 5.82 Å². The molecule has 0 spiro atoms. The maximum atomic E-state index is 13.6. The quantitative estimate of drug-likeness (QED) is 0.620. The van der Waals surface area contributed by atoms with Crippen molar-refractivity contribution in [2.24, 2.45) is 5.73 Å². The van der Waals surface area contributed by atoms with Gasteiger partial charge in [-0.2, -0.15) is 5.10 Å². The van der Waals surface area contributed by atoms with Crippen molar-refractivity contribution in [2.45, 2.75) is 0 Å². The van der Waals surface area contributed by atoms with Gasteiger partial charge in [-0.1, -0.05) is 11.6 Å². The lowest BCUT2D eigenvalue weighted by Crippen LogP contribution is -2.12. The van der Waals surface area contributed by atoms with Crippen LogP contribution >= 0.6 is 11.6 Å². The van der Waals surface area contributed by atoms with Crippen LogP contribution in [-0.4, -0.2) is 15.6 Å². The van der Waals surface area contributed by atoms with Crippen LogP contribution in [0.5, 0.6) is 0 Å². The zero-order valence-corrected chi connectivity index (χ0v) is 8.87. The van der Waals surface area contributed by atoms with Gasteiger partial charge in [0.05, 0.1) is 11.2 Å². The highest BCUT2D eigenvalue weighted by Gasteiger charge is 2.08. The van der Waals surface area contributed by atoms with Crippen molar-refractivity contribution < 1.29 is 4.39 Å². The molecule has 0 unspecified atom stereocenters. The van der Waals surface area contributed by atoms with Crippen molar-refractivity contribution in [2.75, 3.05) is 0 Å². The minimum atomic E-state index is -0.507. The van der Waals surface area contributed by atoms with Crippen LogP contribution in [0.2, 0.25) is 5.02 Å². The number of rotatable bonds is 2. The number of benzene rings is 1. The molecule has 0 saturated heterocycles. The number of hydrogen-bond donors (Lipinski definition) is 2.